The van der Waals surface area contributed by atoms with Crippen molar-refractivity contribution in [1.82, 2.24) is 9.97 Å². The van der Waals surface area contributed by atoms with E-state index in [9.17, 15) is 0 Å². The predicted molar refractivity (Wildman–Crippen MR) is 72.7 cm³/mol. The molecule has 1 aromatic carbocycles. The average molecular weight is 238 g/mol. The van der Waals surface area contributed by atoms with E-state index in [1.807, 2.05) is 31.3 Å². The summed E-state index contributed by atoms with van der Waals surface area (Å²) in [5, 5.41) is 1.13. The minimum Gasteiger partial charge on any atom is -0.494 e. The summed E-state index contributed by atoms with van der Waals surface area (Å²) >= 11 is 0. The summed E-state index contributed by atoms with van der Waals surface area (Å²) in [5.74, 6) is 0.897. The number of H-pyrrole nitrogens is 1. The maximum Gasteiger partial charge on any atom is 0.137 e. The first kappa shape index (κ1) is 10.8. The number of ether oxygens (including phenoxy) is 1. The quantitative estimate of drug-likeness (QED) is 0.756. The van der Waals surface area contributed by atoms with Gasteiger partial charge in [0.2, 0.25) is 0 Å². The number of aromatic nitrogens is 2. The van der Waals surface area contributed by atoms with Gasteiger partial charge in [0.25, 0.3) is 0 Å². The van der Waals surface area contributed by atoms with Gasteiger partial charge in [0.05, 0.1) is 6.61 Å². The first-order valence-corrected chi connectivity index (χ1v) is 6.04. The highest BCUT2D eigenvalue weighted by atomic mass is 16.5. The second-order valence-electron chi connectivity index (χ2n) is 4.06. The van der Waals surface area contributed by atoms with Crippen LogP contribution >= 0.6 is 0 Å². The third-order valence-electron chi connectivity index (χ3n) is 2.91. The van der Waals surface area contributed by atoms with E-state index in [1.54, 1.807) is 6.20 Å². The molecule has 0 aliphatic heterocycles. The van der Waals surface area contributed by atoms with Crippen LogP contribution in [-0.2, 0) is 0 Å². The molecule has 0 fully saturated rings. The number of benzene rings is 1. The van der Waals surface area contributed by atoms with Crippen LogP contribution in [0.5, 0.6) is 5.75 Å². The number of hydrogen-bond acceptors (Lipinski definition) is 2. The zero-order chi connectivity index (χ0) is 12.4. The monoisotopic (exact) mass is 238 g/mol. The van der Waals surface area contributed by atoms with Crippen LogP contribution in [0.15, 0.2) is 48.8 Å². The molecular weight excluding hydrogens is 224 g/mol. The third-order valence-corrected chi connectivity index (χ3v) is 2.91. The maximum absolute atomic E-state index is 5.53. The molecule has 2 heterocycles. The molecule has 0 aliphatic carbocycles. The van der Waals surface area contributed by atoms with Crippen LogP contribution < -0.4 is 4.74 Å². The van der Waals surface area contributed by atoms with E-state index >= 15 is 0 Å². The molecule has 0 saturated carbocycles. The summed E-state index contributed by atoms with van der Waals surface area (Å²) in [6.45, 7) is 2.67. The van der Waals surface area contributed by atoms with E-state index in [2.05, 4.69) is 28.2 Å². The topological polar surface area (TPSA) is 37.9 Å². The Morgan fingerprint density at radius 3 is 3.06 bits per heavy atom. The Morgan fingerprint density at radius 1 is 1.22 bits per heavy atom. The Balaban J connectivity index is 2.11. The van der Waals surface area contributed by atoms with Gasteiger partial charge in [-0.2, -0.15) is 0 Å². The van der Waals surface area contributed by atoms with Crippen molar-refractivity contribution in [2.75, 3.05) is 6.61 Å². The molecule has 3 heteroatoms. The fourth-order valence-corrected chi connectivity index (χ4v) is 2.11. The molecular formula is C15H14N2O. The van der Waals surface area contributed by atoms with Gasteiger partial charge in [0, 0.05) is 23.3 Å². The van der Waals surface area contributed by atoms with Gasteiger partial charge >= 0.3 is 0 Å². The van der Waals surface area contributed by atoms with Crippen LogP contribution in [0.1, 0.15) is 6.92 Å². The lowest BCUT2D eigenvalue weighted by atomic mass is 10.1. The Hall–Kier alpha value is -2.29. The number of aromatic amines is 1. The van der Waals surface area contributed by atoms with Crippen LogP contribution in [-0.4, -0.2) is 16.6 Å². The highest BCUT2D eigenvalue weighted by Crippen LogP contribution is 2.29. The fourth-order valence-electron chi connectivity index (χ4n) is 2.11. The summed E-state index contributed by atoms with van der Waals surface area (Å²) in [4.78, 5) is 7.49. The van der Waals surface area contributed by atoms with Gasteiger partial charge in [-0.05, 0) is 36.8 Å². The molecule has 0 amide bonds. The Bertz CT molecular complexity index is 673. The van der Waals surface area contributed by atoms with Crippen molar-refractivity contribution in [3.05, 3.63) is 48.8 Å². The molecule has 0 atom stereocenters. The molecule has 0 bridgehead atoms. The van der Waals surface area contributed by atoms with Crippen LogP contribution in [0.25, 0.3) is 22.2 Å². The number of nitrogens with one attached hydrogen (secondary N) is 1. The van der Waals surface area contributed by atoms with Gasteiger partial charge in [-0.1, -0.05) is 12.1 Å². The minimum absolute atomic E-state index is 0.679. The number of rotatable bonds is 3. The summed E-state index contributed by atoms with van der Waals surface area (Å²) in [5.41, 5.74) is 3.20. The standard InChI is InChI=1S/C15H14N2O/c1-2-18-12-6-3-5-11(9-12)14-10-17-15-13(14)7-4-8-16-15/h3-10H,2H2,1H3,(H,16,17). The third kappa shape index (κ3) is 1.84. The molecule has 90 valence electrons. The predicted octanol–water partition coefficient (Wildman–Crippen LogP) is 3.63. The van der Waals surface area contributed by atoms with Gasteiger partial charge in [0.1, 0.15) is 11.4 Å². The molecule has 3 aromatic rings. The molecule has 0 radical (unpaired) electrons. The number of nitrogens with zero attached hydrogens (tertiary/aromatic N) is 1. The number of fused-ring (bicyclic) bond motifs is 1. The van der Waals surface area contributed by atoms with E-state index in [0.29, 0.717) is 6.61 Å². The van der Waals surface area contributed by atoms with Crippen molar-refractivity contribution in [3.8, 4) is 16.9 Å². The SMILES string of the molecule is CCOc1cccc(-c2c[nH]c3ncccc23)c1. The second kappa shape index (κ2) is 4.53. The first-order valence-electron chi connectivity index (χ1n) is 6.04. The number of pyridine rings is 1. The smallest absolute Gasteiger partial charge is 0.137 e. The molecule has 0 unspecified atom stereocenters. The highest BCUT2D eigenvalue weighted by molar-refractivity contribution is 5.93. The molecule has 0 aliphatic rings. The van der Waals surface area contributed by atoms with Crippen molar-refractivity contribution >= 4 is 11.0 Å². The Kier molecular flexibility index (Phi) is 2.73. The van der Waals surface area contributed by atoms with Crippen LogP contribution in [0.2, 0.25) is 0 Å². The van der Waals surface area contributed by atoms with Gasteiger partial charge in [-0.25, -0.2) is 4.98 Å². The zero-order valence-electron chi connectivity index (χ0n) is 10.2. The van der Waals surface area contributed by atoms with E-state index < -0.39 is 0 Å². The molecule has 3 rings (SSSR count). The first-order chi connectivity index (χ1) is 8.88. The second-order valence-corrected chi connectivity index (χ2v) is 4.06. The van der Waals surface area contributed by atoms with E-state index in [1.165, 1.54) is 0 Å². The normalized spacial score (nSPS) is 10.7. The van der Waals surface area contributed by atoms with Crippen LogP contribution in [0.4, 0.5) is 0 Å². The molecule has 1 N–H and O–H groups in total. The molecule has 18 heavy (non-hydrogen) atoms. The average Bonchev–Trinajstić information content (AvgIpc) is 2.83. The number of hydrogen-bond donors (Lipinski definition) is 1. The highest BCUT2D eigenvalue weighted by Gasteiger charge is 2.06. The van der Waals surface area contributed by atoms with Crippen molar-refractivity contribution in [2.45, 2.75) is 6.92 Å². The van der Waals surface area contributed by atoms with Crippen molar-refractivity contribution in [3.63, 3.8) is 0 Å². The summed E-state index contributed by atoms with van der Waals surface area (Å²) in [6.07, 6.45) is 3.78. The van der Waals surface area contributed by atoms with Crippen molar-refractivity contribution in [2.24, 2.45) is 0 Å². The van der Waals surface area contributed by atoms with Crippen molar-refractivity contribution < 1.29 is 4.74 Å². The van der Waals surface area contributed by atoms with Gasteiger partial charge in [-0.15, -0.1) is 0 Å². The van der Waals surface area contributed by atoms with Crippen LogP contribution in [0, 0.1) is 0 Å². The van der Waals surface area contributed by atoms with Gasteiger partial charge < -0.3 is 9.72 Å². The summed E-state index contributed by atoms with van der Waals surface area (Å²) < 4.78 is 5.53. The van der Waals surface area contributed by atoms with E-state index in [4.69, 9.17) is 4.74 Å². The molecule has 2 aromatic heterocycles. The summed E-state index contributed by atoms with van der Waals surface area (Å²) in [7, 11) is 0. The summed E-state index contributed by atoms with van der Waals surface area (Å²) in [6, 6.07) is 12.1. The lowest BCUT2D eigenvalue weighted by Crippen LogP contribution is -1.90. The Labute approximate surface area is 105 Å². The molecule has 0 saturated heterocycles. The van der Waals surface area contributed by atoms with Crippen LogP contribution in [0.3, 0.4) is 0 Å². The lowest BCUT2D eigenvalue weighted by Gasteiger charge is -2.05. The largest absolute Gasteiger partial charge is 0.494 e. The van der Waals surface area contributed by atoms with Crippen molar-refractivity contribution in [1.29, 1.82) is 0 Å². The zero-order valence-corrected chi connectivity index (χ0v) is 10.2. The molecule has 0 spiro atoms. The minimum atomic E-state index is 0.679. The van der Waals surface area contributed by atoms with Gasteiger partial charge in [-0.3, -0.25) is 0 Å². The van der Waals surface area contributed by atoms with Gasteiger partial charge in [0.15, 0.2) is 0 Å². The van der Waals surface area contributed by atoms with E-state index in [-0.39, 0.29) is 0 Å². The van der Waals surface area contributed by atoms with E-state index in [0.717, 1.165) is 27.9 Å². The fraction of sp³-hybridized carbons (Fsp3) is 0.133. The lowest BCUT2D eigenvalue weighted by molar-refractivity contribution is 0.340. The Morgan fingerprint density at radius 2 is 2.17 bits per heavy atom. The maximum atomic E-state index is 5.53. The molecule has 3 nitrogen and oxygen atoms in total.